The van der Waals surface area contributed by atoms with Crippen molar-refractivity contribution in [1.82, 2.24) is 4.90 Å². The Morgan fingerprint density at radius 1 is 1.12 bits per heavy atom. The van der Waals surface area contributed by atoms with Gasteiger partial charge in [-0.25, -0.2) is 0 Å². The molecule has 132 valence electrons. The first-order chi connectivity index (χ1) is 11.9. The molecule has 0 N–H and O–H groups in total. The lowest BCUT2D eigenvalue weighted by Gasteiger charge is -2.27. The van der Waals surface area contributed by atoms with E-state index in [0.717, 1.165) is 5.56 Å². The molecular weight excluding hydrogens is 324 g/mol. The van der Waals surface area contributed by atoms with Crippen LogP contribution in [0.5, 0.6) is 11.5 Å². The fraction of sp³-hybridized carbons (Fsp3) is 0.278. The van der Waals surface area contributed by atoms with E-state index >= 15 is 0 Å². The molecule has 1 amide bonds. The van der Waals surface area contributed by atoms with E-state index in [1.807, 2.05) is 31.2 Å². The Kier molecular flexibility index (Phi) is 5.59. The summed E-state index contributed by atoms with van der Waals surface area (Å²) in [6, 6.07) is 11.1. The smallest absolute Gasteiger partial charge is 0.270 e. The summed E-state index contributed by atoms with van der Waals surface area (Å²) in [5, 5.41) is 11.0. The highest BCUT2D eigenvalue weighted by molar-refractivity contribution is 5.97. The van der Waals surface area contributed by atoms with Crippen LogP contribution in [0.1, 0.15) is 28.9 Å². The summed E-state index contributed by atoms with van der Waals surface area (Å²) >= 11 is 0. The van der Waals surface area contributed by atoms with E-state index in [9.17, 15) is 14.9 Å². The molecule has 0 aliphatic rings. The SMILES string of the molecule is COc1ccc([N+](=O)[O-])cc1C(=O)N(C)[C@@H](C)c1ccccc1OC. The molecule has 7 nitrogen and oxygen atoms in total. The number of hydrogen-bond acceptors (Lipinski definition) is 5. The van der Waals surface area contributed by atoms with Crippen LogP contribution >= 0.6 is 0 Å². The molecule has 1 atom stereocenters. The molecule has 0 unspecified atom stereocenters. The normalized spacial score (nSPS) is 11.5. The van der Waals surface area contributed by atoms with Crippen molar-refractivity contribution in [1.29, 1.82) is 0 Å². The summed E-state index contributed by atoms with van der Waals surface area (Å²) in [7, 11) is 4.62. The van der Waals surface area contributed by atoms with E-state index in [1.165, 1.54) is 30.2 Å². The van der Waals surface area contributed by atoms with Gasteiger partial charge in [0.05, 0.1) is 30.7 Å². The van der Waals surface area contributed by atoms with Crippen molar-refractivity contribution in [2.75, 3.05) is 21.3 Å². The predicted molar refractivity (Wildman–Crippen MR) is 93.2 cm³/mol. The quantitative estimate of drug-likeness (QED) is 0.592. The number of nitro benzene ring substituents is 1. The van der Waals surface area contributed by atoms with Crippen molar-refractivity contribution >= 4 is 11.6 Å². The maximum absolute atomic E-state index is 12.9. The average Bonchev–Trinajstić information content (AvgIpc) is 2.65. The van der Waals surface area contributed by atoms with E-state index < -0.39 is 4.92 Å². The van der Waals surface area contributed by atoms with Gasteiger partial charge in [-0.1, -0.05) is 18.2 Å². The molecule has 0 bridgehead atoms. The Hall–Kier alpha value is -3.09. The van der Waals surface area contributed by atoms with Crippen molar-refractivity contribution in [2.45, 2.75) is 13.0 Å². The number of nitrogens with zero attached hydrogens (tertiary/aromatic N) is 2. The van der Waals surface area contributed by atoms with Gasteiger partial charge in [0.25, 0.3) is 11.6 Å². The minimum atomic E-state index is -0.542. The number of ether oxygens (including phenoxy) is 2. The number of rotatable bonds is 6. The largest absolute Gasteiger partial charge is 0.496 e. The monoisotopic (exact) mass is 344 g/mol. The van der Waals surface area contributed by atoms with Crippen LogP contribution in [0.15, 0.2) is 42.5 Å². The van der Waals surface area contributed by atoms with Crippen LogP contribution in [-0.4, -0.2) is 37.0 Å². The third-order valence-corrected chi connectivity index (χ3v) is 4.11. The maximum atomic E-state index is 12.9. The Bertz CT molecular complexity index is 791. The summed E-state index contributed by atoms with van der Waals surface area (Å²) in [6.45, 7) is 1.86. The molecule has 7 heteroatoms. The van der Waals surface area contributed by atoms with Crippen molar-refractivity contribution < 1.29 is 19.2 Å². The summed E-state index contributed by atoms with van der Waals surface area (Å²) in [5.74, 6) is 0.578. The number of para-hydroxylation sites is 1. The first-order valence-electron chi connectivity index (χ1n) is 7.63. The molecule has 0 saturated heterocycles. The van der Waals surface area contributed by atoms with Gasteiger partial charge in [0.15, 0.2) is 0 Å². The maximum Gasteiger partial charge on any atom is 0.270 e. The van der Waals surface area contributed by atoms with Crippen LogP contribution < -0.4 is 9.47 Å². The molecule has 2 aromatic carbocycles. The second-order valence-electron chi connectivity index (χ2n) is 5.48. The van der Waals surface area contributed by atoms with Crippen LogP contribution in [0.3, 0.4) is 0 Å². The fourth-order valence-electron chi connectivity index (χ4n) is 2.56. The molecular formula is C18H20N2O5. The zero-order valence-electron chi connectivity index (χ0n) is 14.6. The number of benzene rings is 2. The minimum Gasteiger partial charge on any atom is -0.496 e. The van der Waals surface area contributed by atoms with E-state index in [0.29, 0.717) is 5.75 Å². The number of carbonyl (C=O) groups excluding carboxylic acids is 1. The molecule has 0 radical (unpaired) electrons. The number of hydrogen-bond donors (Lipinski definition) is 0. The third kappa shape index (κ3) is 3.71. The molecule has 25 heavy (non-hydrogen) atoms. The highest BCUT2D eigenvalue weighted by atomic mass is 16.6. The van der Waals surface area contributed by atoms with E-state index in [-0.39, 0.29) is 28.9 Å². The summed E-state index contributed by atoms with van der Waals surface area (Å²) in [6.07, 6.45) is 0. The second-order valence-corrected chi connectivity index (χ2v) is 5.48. The van der Waals surface area contributed by atoms with Crippen molar-refractivity contribution in [3.63, 3.8) is 0 Å². The van der Waals surface area contributed by atoms with Crippen LogP contribution in [0, 0.1) is 10.1 Å². The van der Waals surface area contributed by atoms with Gasteiger partial charge in [-0.2, -0.15) is 0 Å². The van der Waals surface area contributed by atoms with E-state index in [1.54, 1.807) is 14.2 Å². The average molecular weight is 344 g/mol. The Morgan fingerprint density at radius 2 is 1.76 bits per heavy atom. The Labute approximate surface area is 145 Å². The highest BCUT2D eigenvalue weighted by Gasteiger charge is 2.25. The van der Waals surface area contributed by atoms with Gasteiger partial charge >= 0.3 is 0 Å². The first-order valence-corrected chi connectivity index (χ1v) is 7.63. The number of nitro groups is 1. The highest BCUT2D eigenvalue weighted by Crippen LogP contribution is 2.31. The lowest BCUT2D eigenvalue weighted by Crippen LogP contribution is -2.30. The number of carbonyl (C=O) groups is 1. The Morgan fingerprint density at radius 3 is 2.36 bits per heavy atom. The zero-order valence-corrected chi connectivity index (χ0v) is 14.6. The third-order valence-electron chi connectivity index (χ3n) is 4.11. The lowest BCUT2D eigenvalue weighted by atomic mass is 10.0. The molecule has 0 aromatic heterocycles. The van der Waals surface area contributed by atoms with E-state index in [4.69, 9.17) is 9.47 Å². The van der Waals surface area contributed by atoms with Crippen molar-refractivity contribution in [2.24, 2.45) is 0 Å². The molecule has 2 rings (SSSR count). The van der Waals surface area contributed by atoms with Crippen LogP contribution in [0.25, 0.3) is 0 Å². The fourth-order valence-corrected chi connectivity index (χ4v) is 2.56. The zero-order chi connectivity index (χ0) is 18.6. The standard InChI is InChI=1S/C18H20N2O5/c1-12(14-7-5-6-8-16(14)24-3)19(2)18(21)15-11-13(20(22)23)9-10-17(15)25-4/h5-12H,1-4H3/t12-/m0/s1. The topological polar surface area (TPSA) is 81.9 Å². The molecule has 0 saturated carbocycles. The van der Waals surface area contributed by atoms with Crippen LogP contribution in [0.2, 0.25) is 0 Å². The van der Waals surface area contributed by atoms with Crippen molar-refractivity contribution in [3.8, 4) is 11.5 Å². The first kappa shape index (κ1) is 18.3. The van der Waals surface area contributed by atoms with Gasteiger partial charge < -0.3 is 14.4 Å². The summed E-state index contributed by atoms with van der Waals surface area (Å²) in [5.41, 5.74) is 0.814. The van der Waals surface area contributed by atoms with Crippen LogP contribution in [-0.2, 0) is 0 Å². The number of methoxy groups -OCH3 is 2. The molecule has 0 spiro atoms. The summed E-state index contributed by atoms with van der Waals surface area (Å²) in [4.78, 5) is 24.9. The molecule has 0 fully saturated rings. The van der Waals surface area contributed by atoms with E-state index in [2.05, 4.69) is 0 Å². The lowest BCUT2D eigenvalue weighted by molar-refractivity contribution is -0.384. The van der Waals surface area contributed by atoms with Gasteiger partial charge in [-0.15, -0.1) is 0 Å². The number of non-ortho nitro benzene ring substituents is 1. The van der Waals surface area contributed by atoms with Crippen LogP contribution in [0.4, 0.5) is 5.69 Å². The molecule has 0 aliphatic carbocycles. The second kappa shape index (κ2) is 7.65. The summed E-state index contributed by atoms with van der Waals surface area (Å²) < 4.78 is 10.5. The number of amides is 1. The van der Waals surface area contributed by atoms with Gasteiger partial charge in [-0.05, 0) is 19.1 Å². The molecule has 2 aromatic rings. The minimum absolute atomic E-state index is 0.140. The molecule has 0 heterocycles. The van der Waals surface area contributed by atoms with Gasteiger partial charge in [0.2, 0.25) is 0 Å². The van der Waals surface area contributed by atoms with Gasteiger partial charge in [0.1, 0.15) is 11.5 Å². The predicted octanol–water partition coefficient (Wildman–Crippen LogP) is 3.45. The van der Waals surface area contributed by atoms with Gasteiger partial charge in [0, 0.05) is 24.7 Å². The van der Waals surface area contributed by atoms with Gasteiger partial charge in [-0.3, -0.25) is 14.9 Å². The van der Waals surface area contributed by atoms with Crippen molar-refractivity contribution in [3.05, 3.63) is 63.7 Å². The molecule has 0 aliphatic heterocycles. The Balaban J connectivity index is 2.39.